The average molecular weight is 477 g/mol. The second-order valence-electron chi connectivity index (χ2n) is 7.10. The van der Waals surface area contributed by atoms with Crippen molar-refractivity contribution in [1.29, 1.82) is 5.41 Å². The molecule has 0 spiro atoms. The van der Waals surface area contributed by atoms with Crippen molar-refractivity contribution in [2.45, 2.75) is 44.8 Å². The summed E-state index contributed by atoms with van der Waals surface area (Å²) in [5.41, 5.74) is 2.22. The number of halogens is 1. The Hall–Kier alpha value is -0.920. The fourth-order valence-electron chi connectivity index (χ4n) is 2.90. The number of β-amino-alcohol motifs (C(OH)–C–C–N with tert-alkyl or cyclic N) is 1. The molecule has 1 aromatic rings. The highest BCUT2D eigenvalue weighted by atomic mass is 127. The van der Waals surface area contributed by atoms with E-state index < -0.39 is 11.7 Å². The van der Waals surface area contributed by atoms with Gasteiger partial charge in [0, 0.05) is 36.3 Å². The molecule has 25 heavy (non-hydrogen) atoms. The number of anilines is 1. The molecule has 1 aromatic carbocycles. The summed E-state index contributed by atoms with van der Waals surface area (Å²) in [6.07, 6.45) is 1.49. The van der Waals surface area contributed by atoms with Crippen molar-refractivity contribution in [3.05, 3.63) is 29.3 Å². The Balaban J connectivity index is 2.09. The first-order valence-corrected chi connectivity index (χ1v) is 12.3. The van der Waals surface area contributed by atoms with Gasteiger partial charge in [0.2, 0.25) is 0 Å². The van der Waals surface area contributed by atoms with Gasteiger partial charge in [-0.1, -0.05) is 12.1 Å². The summed E-state index contributed by atoms with van der Waals surface area (Å²) in [7, 11) is 0. The van der Waals surface area contributed by atoms with Crippen LogP contribution < -0.4 is 5.09 Å². The highest BCUT2D eigenvalue weighted by Crippen LogP contribution is 2.33. The van der Waals surface area contributed by atoms with Crippen LogP contribution >= 0.6 is 28.4 Å². The molecule has 0 aliphatic carbocycles. The predicted octanol–water partition coefficient (Wildman–Crippen LogP) is 4.12. The van der Waals surface area contributed by atoms with Gasteiger partial charge in [0.1, 0.15) is 5.60 Å². The van der Waals surface area contributed by atoms with E-state index >= 15 is 0 Å². The summed E-state index contributed by atoms with van der Waals surface area (Å²) < 4.78 is 5.39. The third kappa shape index (κ3) is 5.53. The number of hydrogen-bond acceptors (Lipinski definition) is 5. The molecule has 3 N–H and O–H groups in total. The minimum Gasteiger partial charge on any atom is -0.444 e. The van der Waals surface area contributed by atoms with Crippen molar-refractivity contribution in [2.75, 3.05) is 18.2 Å². The first kappa shape index (κ1) is 20.4. The Bertz CT molecular complexity index is 636. The van der Waals surface area contributed by atoms with E-state index in [1.807, 2.05) is 39.0 Å². The van der Waals surface area contributed by atoms with Crippen LogP contribution in [0.1, 0.15) is 44.2 Å². The van der Waals surface area contributed by atoms with E-state index in [0.29, 0.717) is 19.3 Å². The summed E-state index contributed by atoms with van der Waals surface area (Å²) in [6, 6.07) is 5.86. The van der Waals surface area contributed by atoms with Crippen molar-refractivity contribution in [2.24, 2.45) is 0 Å². The fraction of sp³-hybridized carbons (Fsp3) is 0.529. The monoisotopic (exact) mass is 477 g/mol. The number of amides is 1. The van der Waals surface area contributed by atoms with Crippen LogP contribution in [0, 0.1) is 5.41 Å². The number of likely N-dealkylation sites (tertiary alicyclic amines) is 1. The van der Waals surface area contributed by atoms with Gasteiger partial charge in [0.15, 0.2) is 0 Å². The van der Waals surface area contributed by atoms with Crippen LogP contribution in [0.2, 0.25) is 0 Å². The Kier molecular flexibility index (Phi) is 7.05. The lowest BCUT2D eigenvalue weighted by Gasteiger charge is -2.37. The number of nitrogens with zero attached hydrogens (tertiary/aromatic N) is 1. The molecule has 1 aliphatic heterocycles. The zero-order chi connectivity index (χ0) is 18.6. The summed E-state index contributed by atoms with van der Waals surface area (Å²) in [4.78, 5) is 13.8. The molecule has 2 rings (SSSR count). The van der Waals surface area contributed by atoms with Gasteiger partial charge in [-0.2, -0.15) is 0 Å². The third-order valence-corrected chi connectivity index (χ3v) is 5.25. The number of piperidine rings is 1. The first-order chi connectivity index (χ1) is 11.7. The van der Waals surface area contributed by atoms with Crippen LogP contribution in [0.4, 0.5) is 10.5 Å². The molecule has 3 atom stereocenters. The molecule has 1 amide bonds. The maximum Gasteiger partial charge on any atom is 0.410 e. The van der Waals surface area contributed by atoms with Crippen LogP contribution in [-0.4, -0.2) is 47.1 Å². The molecule has 8 heteroatoms. The molecular formula is C17H25IN3O3P. The van der Waals surface area contributed by atoms with Crippen LogP contribution in [-0.2, 0) is 4.74 Å². The van der Waals surface area contributed by atoms with Gasteiger partial charge in [-0.05, 0) is 60.9 Å². The lowest BCUT2D eigenvalue weighted by Crippen LogP contribution is -2.47. The number of aliphatic hydroxyl groups is 1. The Morgan fingerprint density at radius 1 is 1.52 bits per heavy atom. The van der Waals surface area contributed by atoms with Crippen molar-refractivity contribution < 1.29 is 14.6 Å². The number of nitrogens with one attached hydrogen (secondary N) is 2. The van der Waals surface area contributed by atoms with Gasteiger partial charge in [0.25, 0.3) is 0 Å². The smallest absolute Gasteiger partial charge is 0.410 e. The van der Waals surface area contributed by atoms with E-state index in [0.717, 1.165) is 16.8 Å². The normalized spacial score (nSPS) is 21.4. The number of carbonyl (C=O) groups is 1. The molecule has 1 heterocycles. The Morgan fingerprint density at radius 2 is 2.24 bits per heavy atom. The van der Waals surface area contributed by atoms with Crippen molar-refractivity contribution >= 4 is 46.4 Å². The molecule has 1 aliphatic rings. The van der Waals surface area contributed by atoms with Crippen LogP contribution in [0.5, 0.6) is 0 Å². The molecule has 0 radical (unpaired) electrons. The van der Waals surface area contributed by atoms with Gasteiger partial charge < -0.3 is 25.2 Å². The number of aliphatic hydroxyl groups excluding tert-OH is 1. The topological polar surface area (TPSA) is 85.7 Å². The van der Waals surface area contributed by atoms with Crippen LogP contribution in [0.15, 0.2) is 18.2 Å². The number of carbonyl (C=O) groups excluding carboxylic acids is 1. The van der Waals surface area contributed by atoms with Crippen molar-refractivity contribution in [3.63, 3.8) is 0 Å². The number of ether oxygens (including phenoxy) is 1. The van der Waals surface area contributed by atoms with E-state index in [1.54, 1.807) is 4.90 Å². The maximum absolute atomic E-state index is 12.2. The van der Waals surface area contributed by atoms with Gasteiger partial charge in [0.05, 0.1) is 12.6 Å². The largest absolute Gasteiger partial charge is 0.444 e. The molecule has 3 unspecified atom stereocenters. The van der Waals surface area contributed by atoms with E-state index in [1.165, 1.54) is 6.21 Å². The standard InChI is InChI=1S/C17H25IN3O3P/c1-17(2,3)24-16(23)21-7-6-13(15(22)10-21)11-4-5-12(9-19)14(8-11)20-25-18/h4-5,8-9,13,15,19-20,22,25H,6-7,10H2,1-3H3. The first-order valence-electron chi connectivity index (χ1n) is 8.17. The zero-order valence-electron chi connectivity index (χ0n) is 14.7. The number of benzene rings is 1. The second-order valence-corrected chi connectivity index (χ2v) is 9.16. The predicted molar refractivity (Wildman–Crippen MR) is 111 cm³/mol. The highest BCUT2D eigenvalue weighted by molar-refractivity contribution is 14.2. The van der Waals surface area contributed by atoms with Gasteiger partial charge >= 0.3 is 6.09 Å². The van der Waals surface area contributed by atoms with Crippen molar-refractivity contribution in [3.8, 4) is 0 Å². The summed E-state index contributed by atoms with van der Waals surface area (Å²) >= 11 is 2.25. The average Bonchev–Trinajstić information content (AvgIpc) is 2.53. The minimum atomic E-state index is -0.637. The molecule has 0 saturated carbocycles. The minimum absolute atomic E-state index is 0.0310. The molecule has 1 fully saturated rings. The van der Waals surface area contributed by atoms with Crippen LogP contribution in [0.25, 0.3) is 0 Å². The summed E-state index contributed by atoms with van der Waals surface area (Å²) in [6.45, 7) is 6.33. The molecule has 0 bridgehead atoms. The number of hydrogen-bond donors (Lipinski definition) is 3. The second kappa shape index (κ2) is 8.64. The van der Waals surface area contributed by atoms with Crippen LogP contribution in [0.3, 0.4) is 0 Å². The van der Waals surface area contributed by atoms with Gasteiger partial charge in [-0.15, -0.1) is 0 Å². The fourth-order valence-corrected chi connectivity index (χ4v) is 4.09. The van der Waals surface area contributed by atoms with E-state index in [-0.39, 0.29) is 18.6 Å². The molecular weight excluding hydrogens is 452 g/mol. The Morgan fingerprint density at radius 3 is 2.80 bits per heavy atom. The zero-order valence-corrected chi connectivity index (χ0v) is 17.8. The summed E-state index contributed by atoms with van der Waals surface area (Å²) in [5, 5.41) is 21.3. The van der Waals surface area contributed by atoms with Crippen molar-refractivity contribution in [1.82, 2.24) is 4.90 Å². The Labute approximate surface area is 163 Å². The van der Waals surface area contributed by atoms with Gasteiger partial charge in [-0.3, -0.25) is 0 Å². The van der Waals surface area contributed by atoms with E-state index in [2.05, 4.69) is 27.1 Å². The molecule has 0 aromatic heterocycles. The lowest BCUT2D eigenvalue weighted by molar-refractivity contribution is -0.00151. The molecule has 1 saturated heterocycles. The highest BCUT2D eigenvalue weighted by Gasteiger charge is 2.33. The quantitative estimate of drug-likeness (QED) is 0.346. The number of rotatable bonds is 4. The lowest BCUT2D eigenvalue weighted by atomic mass is 9.86. The summed E-state index contributed by atoms with van der Waals surface area (Å²) in [5.74, 6) is -0.0310. The molecule has 6 nitrogen and oxygen atoms in total. The van der Waals surface area contributed by atoms with Gasteiger partial charge in [-0.25, -0.2) is 4.79 Å². The van der Waals surface area contributed by atoms with E-state index in [9.17, 15) is 9.90 Å². The third-order valence-electron chi connectivity index (χ3n) is 4.08. The molecule has 138 valence electrons. The maximum atomic E-state index is 12.2. The SMILES string of the molecule is CC(C)(C)OC(=O)N1CCC(c2ccc(C=N)c(NPI)c2)C(O)C1. The van der Waals surface area contributed by atoms with E-state index in [4.69, 9.17) is 10.1 Å².